The number of benzene rings is 2. The van der Waals surface area contributed by atoms with Crippen molar-refractivity contribution in [1.82, 2.24) is 9.13 Å². The van der Waals surface area contributed by atoms with Crippen LogP contribution < -0.4 is 5.62 Å². The number of aromatic nitrogens is 2. The zero-order valence-corrected chi connectivity index (χ0v) is 13.4. The van der Waals surface area contributed by atoms with E-state index in [1.54, 1.807) is 15.2 Å². The molecule has 126 valence electrons. The van der Waals surface area contributed by atoms with Crippen LogP contribution in [-0.2, 0) is 13.1 Å². The summed E-state index contributed by atoms with van der Waals surface area (Å²) in [6.07, 6.45) is 1.70. The van der Waals surface area contributed by atoms with Gasteiger partial charge in [0.05, 0.1) is 22.5 Å². The van der Waals surface area contributed by atoms with Crippen LogP contribution in [0.25, 0.3) is 11.0 Å². The summed E-state index contributed by atoms with van der Waals surface area (Å²) in [6, 6.07) is 13.0. The highest BCUT2D eigenvalue weighted by Crippen LogP contribution is 2.16. The Morgan fingerprint density at radius 1 is 1.12 bits per heavy atom. The number of carbonyl (C=O) groups excluding carboxylic acids is 1. The summed E-state index contributed by atoms with van der Waals surface area (Å²) in [5.41, 5.74) is 2.15. The van der Waals surface area contributed by atoms with E-state index in [1.807, 2.05) is 24.3 Å². The second kappa shape index (κ2) is 6.56. The molecular formula is C18H16N4O3. The van der Waals surface area contributed by atoms with Gasteiger partial charge >= 0.3 is 0 Å². The normalized spacial score (nSPS) is 10.7. The Hall–Kier alpha value is -3.48. The van der Waals surface area contributed by atoms with Gasteiger partial charge in [0.15, 0.2) is 5.78 Å². The molecule has 0 aliphatic heterocycles. The van der Waals surface area contributed by atoms with Crippen LogP contribution in [0.3, 0.4) is 0 Å². The van der Waals surface area contributed by atoms with Gasteiger partial charge in [0.1, 0.15) is 0 Å². The zero-order valence-electron chi connectivity index (χ0n) is 13.4. The Morgan fingerprint density at radius 2 is 1.72 bits per heavy atom. The van der Waals surface area contributed by atoms with Crippen molar-refractivity contribution in [3.63, 3.8) is 0 Å². The van der Waals surface area contributed by atoms with Crippen molar-refractivity contribution in [3.05, 3.63) is 82.5 Å². The fraction of sp³-hybridized carbons (Fsp3) is 0.111. The second-order valence-electron chi connectivity index (χ2n) is 5.52. The van der Waals surface area contributed by atoms with Gasteiger partial charge < -0.3 is 9.13 Å². The van der Waals surface area contributed by atoms with E-state index in [0.29, 0.717) is 12.1 Å². The highest BCUT2D eigenvalue weighted by Gasteiger charge is 2.15. The quantitative estimate of drug-likeness (QED) is 0.324. The van der Waals surface area contributed by atoms with Crippen LogP contribution in [0.2, 0.25) is 0 Å². The van der Waals surface area contributed by atoms with Crippen molar-refractivity contribution in [3.8, 4) is 0 Å². The molecule has 0 atom stereocenters. The minimum Gasteiger partial charge on any atom is -0.307 e. The molecule has 1 N–H and O–H groups in total. The van der Waals surface area contributed by atoms with Crippen LogP contribution in [0.5, 0.6) is 0 Å². The summed E-state index contributed by atoms with van der Waals surface area (Å²) < 4.78 is 3.40. The predicted molar refractivity (Wildman–Crippen MR) is 93.4 cm³/mol. The number of imidazole rings is 1. The SMILES string of the molecule is C=CCn1c(=N)n(CC(=O)c2ccc([N+](=O)[O-])cc2)c2ccccc21. The van der Waals surface area contributed by atoms with E-state index < -0.39 is 4.92 Å². The molecule has 0 saturated carbocycles. The summed E-state index contributed by atoms with van der Waals surface area (Å²) in [5, 5.41) is 19.1. The zero-order chi connectivity index (χ0) is 18.0. The monoisotopic (exact) mass is 336 g/mol. The third-order valence-corrected chi connectivity index (χ3v) is 3.99. The van der Waals surface area contributed by atoms with Crippen molar-refractivity contribution in [2.75, 3.05) is 0 Å². The minimum atomic E-state index is -0.506. The topological polar surface area (TPSA) is 93.9 Å². The molecule has 3 rings (SSSR count). The number of ketones is 1. The van der Waals surface area contributed by atoms with Gasteiger partial charge in [-0.05, 0) is 24.3 Å². The fourth-order valence-electron chi connectivity index (χ4n) is 2.77. The number of non-ortho nitro benzene ring substituents is 1. The van der Waals surface area contributed by atoms with Gasteiger partial charge in [0.25, 0.3) is 5.69 Å². The number of rotatable bonds is 6. The third-order valence-electron chi connectivity index (χ3n) is 3.99. The van der Waals surface area contributed by atoms with Crippen LogP contribution in [0, 0.1) is 15.5 Å². The maximum absolute atomic E-state index is 12.6. The Kier molecular flexibility index (Phi) is 4.30. The van der Waals surface area contributed by atoms with Gasteiger partial charge in [-0.25, -0.2) is 0 Å². The van der Waals surface area contributed by atoms with Crippen molar-refractivity contribution in [2.45, 2.75) is 13.1 Å². The smallest absolute Gasteiger partial charge is 0.269 e. The molecule has 0 aliphatic carbocycles. The molecule has 1 aromatic heterocycles. The third kappa shape index (κ3) is 2.99. The summed E-state index contributed by atoms with van der Waals surface area (Å²) in [5.74, 6) is -0.213. The molecule has 25 heavy (non-hydrogen) atoms. The highest BCUT2D eigenvalue weighted by molar-refractivity contribution is 5.96. The molecular weight excluding hydrogens is 320 g/mol. The van der Waals surface area contributed by atoms with Crippen molar-refractivity contribution in [2.24, 2.45) is 0 Å². The Bertz CT molecular complexity index is 1030. The van der Waals surface area contributed by atoms with Crippen LogP contribution in [0.4, 0.5) is 5.69 Å². The van der Waals surface area contributed by atoms with Crippen molar-refractivity contribution >= 4 is 22.5 Å². The average Bonchev–Trinajstić information content (AvgIpc) is 2.88. The van der Waals surface area contributed by atoms with Crippen LogP contribution in [-0.4, -0.2) is 19.8 Å². The van der Waals surface area contributed by atoms with Gasteiger partial charge in [-0.2, -0.15) is 0 Å². The van der Waals surface area contributed by atoms with Crippen molar-refractivity contribution in [1.29, 1.82) is 5.41 Å². The summed E-state index contributed by atoms with van der Waals surface area (Å²) >= 11 is 0. The molecule has 0 amide bonds. The van der Waals surface area contributed by atoms with Crippen LogP contribution in [0.15, 0.2) is 61.2 Å². The molecule has 0 aliphatic rings. The van der Waals surface area contributed by atoms with E-state index in [9.17, 15) is 14.9 Å². The first-order valence-electron chi connectivity index (χ1n) is 7.64. The lowest BCUT2D eigenvalue weighted by Gasteiger charge is -2.04. The number of carbonyl (C=O) groups is 1. The highest BCUT2D eigenvalue weighted by atomic mass is 16.6. The number of fused-ring (bicyclic) bond motifs is 1. The molecule has 0 radical (unpaired) electrons. The van der Waals surface area contributed by atoms with Crippen LogP contribution >= 0.6 is 0 Å². The van der Waals surface area contributed by atoms with Crippen LogP contribution in [0.1, 0.15) is 10.4 Å². The first-order chi connectivity index (χ1) is 12.0. The number of nitro groups is 1. The molecule has 0 bridgehead atoms. The average molecular weight is 336 g/mol. The van der Waals surface area contributed by atoms with E-state index >= 15 is 0 Å². The number of para-hydroxylation sites is 2. The van der Waals surface area contributed by atoms with Crippen molar-refractivity contribution < 1.29 is 9.72 Å². The molecule has 0 unspecified atom stereocenters. The predicted octanol–water partition coefficient (Wildman–Crippen LogP) is 2.90. The molecule has 0 fully saturated rings. The Balaban J connectivity index is 1.98. The number of nitrogens with one attached hydrogen (secondary N) is 1. The van der Waals surface area contributed by atoms with E-state index in [2.05, 4.69) is 6.58 Å². The molecule has 2 aromatic carbocycles. The molecule has 0 spiro atoms. The Morgan fingerprint density at radius 3 is 2.28 bits per heavy atom. The maximum Gasteiger partial charge on any atom is 0.269 e. The fourth-order valence-corrected chi connectivity index (χ4v) is 2.77. The standard InChI is InChI=1S/C18H16N4O3/c1-2-11-20-15-5-3-4-6-16(15)21(18(20)19)12-17(23)13-7-9-14(10-8-13)22(24)25/h2-10,19H,1,11-12H2. The lowest BCUT2D eigenvalue weighted by atomic mass is 10.1. The first kappa shape index (κ1) is 16.4. The summed E-state index contributed by atoms with van der Waals surface area (Å²) in [4.78, 5) is 22.8. The number of hydrogen-bond acceptors (Lipinski definition) is 4. The summed E-state index contributed by atoms with van der Waals surface area (Å²) in [6.45, 7) is 4.17. The molecule has 1 heterocycles. The van der Waals surface area contributed by atoms with E-state index in [1.165, 1.54) is 24.3 Å². The molecule has 0 saturated heterocycles. The second-order valence-corrected chi connectivity index (χ2v) is 5.52. The van der Waals surface area contributed by atoms with Gasteiger partial charge in [0, 0.05) is 24.2 Å². The van der Waals surface area contributed by atoms with E-state index in [4.69, 9.17) is 5.41 Å². The summed E-state index contributed by atoms with van der Waals surface area (Å²) in [7, 11) is 0. The number of hydrogen-bond donors (Lipinski definition) is 1. The van der Waals surface area contributed by atoms with E-state index in [-0.39, 0.29) is 23.6 Å². The maximum atomic E-state index is 12.6. The number of nitrogens with zero attached hydrogens (tertiary/aromatic N) is 3. The number of allylic oxidation sites excluding steroid dienone is 1. The molecule has 7 nitrogen and oxygen atoms in total. The largest absolute Gasteiger partial charge is 0.307 e. The minimum absolute atomic E-state index is 0.0126. The van der Waals surface area contributed by atoms with Gasteiger partial charge in [0.2, 0.25) is 5.62 Å². The lowest BCUT2D eigenvalue weighted by molar-refractivity contribution is -0.384. The number of Topliss-reactive ketones (excluding diaryl/α,β-unsaturated/α-hetero) is 1. The van der Waals surface area contributed by atoms with Gasteiger partial charge in [-0.3, -0.25) is 20.3 Å². The molecule has 3 aromatic rings. The Labute approximate surface area is 143 Å². The van der Waals surface area contributed by atoms with E-state index in [0.717, 1.165) is 11.0 Å². The first-order valence-corrected chi connectivity index (χ1v) is 7.64. The molecule has 7 heteroatoms. The van der Waals surface area contributed by atoms with Gasteiger partial charge in [-0.15, -0.1) is 6.58 Å². The number of nitro benzene ring substituents is 1. The lowest BCUT2D eigenvalue weighted by Crippen LogP contribution is -2.27. The van der Waals surface area contributed by atoms with Gasteiger partial charge in [-0.1, -0.05) is 18.2 Å².